The number of fused-ring (bicyclic) bond motifs is 1. The highest BCUT2D eigenvalue weighted by atomic mass is 32.2. The SMILES string of the molecule is CCN1CCOC(CNC(=O)CSc2ccc3c(C)cc(=O)oc3c2)C1. The number of likely N-dealkylation sites (N-methyl/N-ethyl adjacent to an activating group) is 1. The minimum absolute atomic E-state index is 0.0296. The van der Waals surface area contributed by atoms with Crippen LogP contribution in [-0.2, 0) is 9.53 Å². The summed E-state index contributed by atoms with van der Waals surface area (Å²) >= 11 is 1.42. The molecule has 0 spiro atoms. The molecule has 3 rings (SSSR count). The number of nitrogens with one attached hydrogen (secondary N) is 1. The number of carbonyl (C=O) groups is 1. The summed E-state index contributed by atoms with van der Waals surface area (Å²) in [5, 5.41) is 3.85. The molecule has 140 valence electrons. The van der Waals surface area contributed by atoms with Crippen LogP contribution in [0.1, 0.15) is 12.5 Å². The number of aryl methyl sites for hydroxylation is 1. The van der Waals surface area contributed by atoms with Gasteiger partial charge in [0.1, 0.15) is 5.58 Å². The van der Waals surface area contributed by atoms with Gasteiger partial charge in [0, 0.05) is 36.0 Å². The molecule has 1 atom stereocenters. The molecule has 1 aromatic carbocycles. The van der Waals surface area contributed by atoms with Gasteiger partial charge < -0.3 is 14.5 Å². The van der Waals surface area contributed by atoms with Crippen molar-refractivity contribution in [3.63, 3.8) is 0 Å². The van der Waals surface area contributed by atoms with Crippen molar-refractivity contribution >= 4 is 28.6 Å². The Balaban J connectivity index is 1.51. The molecule has 2 heterocycles. The van der Waals surface area contributed by atoms with E-state index in [9.17, 15) is 9.59 Å². The Labute approximate surface area is 156 Å². The summed E-state index contributed by atoms with van der Waals surface area (Å²) in [6.45, 7) is 8.06. The number of hydrogen-bond donors (Lipinski definition) is 1. The first-order valence-electron chi connectivity index (χ1n) is 8.83. The molecule has 0 aliphatic carbocycles. The quantitative estimate of drug-likeness (QED) is 0.614. The maximum atomic E-state index is 12.1. The molecule has 1 fully saturated rings. The summed E-state index contributed by atoms with van der Waals surface area (Å²) in [6.07, 6.45) is 0.0515. The van der Waals surface area contributed by atoms with Crippen molar-refractivity contribution in [2.24, 2.45) is 0 Å². The van der Waals surface area contributed by atoms with Crippen molar-refractivity contribution in [1.29, 1.82) is 0 Å². The summed E-state index contributed by atoms with van der Waals surface area (Å²) in [4.78, 5) is 26.8. The van der Waals surface area contributed by atoms with Gasteiger partial charge in [0.15, 0.2) is 0 Å². The lowest BCUT2D eigenvalue weighted by atomic mass is 10.1. The second-order valence-corrected chi connectivity index (χ2v) is 7.43. The molecule has 1 unspecified atom stereocenters. The van der Waals surface area contributed by atoms with Gasteiger partial charge in [0.05, 0.1) is 18.5 Å². The fourth-order valence-corrected chi connectivity index (χ4v) is 3.77. The van der Waals surface area contributed by atoms with E-state index in [1.54, 1.807) is 0 Å². The van der Waals surface area contributed by atoms with Crippen LogP contribution in [0.25, 0.3) is 11.0 Å². The van der Waals surface area contributed by atoms with Crippen LogP contribution in [0.15, 0.2) is 38.4 Å². The Kier molecular flexibility index (Phi) is 6.34. The molecule has 1 amide bonds. The number of thioether (sulfide) groups is 1. The van der Waals surface area contributed by atoms with E-state index in [0.717, 1.165) is 35.5 Å². The van der Waals surface area contributed by atoms with Crippen molar-refractivity contribution in [2.45, 2.75) is 24.8 Å². The minimum Gasteiger partial charge on any atom is -0.423 e. The molecule has 0 bridgehead atoms. The summed E-state index contributed by atoms with van der Waals surface area (Å²) in [5.74, 6) is 0.282. The Morgan fingerprint density at radius 3 is 3.04 bits per heavy atom. The number of amides is 1. The number of morpholine rings is 1. The average molecular weight is 376 g/mol. The minimum atomic E-state index is -0.358. The van der Waals surface area contributed by atoms with Crippen molar-refractivity contribution in [1.82, 2.24) is 10.2 Å². The first kappa shape index (κ1) is 18.9. The molecule has 6 nitrogen and oxygen atoms in total. The lowest BCUT2D eigenvalue weighted by molar-refractivity contribution is -0.119. The zero-order valence-electron chi connectivity index (χ0n) is 15.1. The summed E-state index contributed by atoms with van der Waals surface area (Å²) < 4.78 is 10.9. The highest BCUT2D eigenvalue weighted by Gasteiger charge is 2.19. The van der Waals surface area contributed by atoms with Gasteiger partial charge in [0.2, 0.25) is 5.91 Å². The molecule has 0 radical (unpaired) electrons. The van der Waals surface area contributed by atoms with E-state index in [1.165, 1.54) is 17.8 Å². The third-order valence-corrected chi connectivity index (χ3v) is 5.48. The molecule has 1 saturated heterocycles. The molecule has 1 N–H and O–H groups in total. The fraction of sp³-hybridized carbons (Fsp3) is 0.474. The van der Waals surface area contributed by atoms with Crippen molar-refractivity contribution in [3.05, 3.63) is 40.2 Å². The maximum Gasteiger partial charge on any atom is 0.336 e. The van der Waals surface area contributed by atoms with Crippen LogP contribution < -0.4 is 10.9 Å². The van der Waals surface area contributed by atoms with Gasteiger partial charge in [-0.2, -0.15) is 0 Å². The molecule has 7 heteroatoms. The van der Waals surface area contributed by atoms with Crippen molar-refractivity contribution in [3.8, 4) is 0 Å². The first-order valence-corrected chi connectivity index (χ1v) is 9.81. The van der Waals surface area contributed by atoms with Crippen LogP contribution in [-0.4, -0.2) is 55.4 Å². The Bertz CT molecular complexity index is 836. The number of ether oxygens (including phenoxy) is 1. The van der Waals surface area contributed by atoms with Crippen LogP contribution in [0.3, 0.4) is 0 Å². The fourth-order valence-electron chi connectivity index (χ4n) is 3.01. The molecular formula is C19H24N2O4S. The third-order valence-electron chi connectivity index (χ3n) is 4.49. The number of rotatable bonds is 6. The van der Waals surface area contributed by atoms with E-state index in [2.05, 4.69) is 17.1 Å². The molecule has 1 aromatic heterocycles. The predicted octanol–water partition coefficient (Wildman–Crippen LogP) is 2.03. The Hall–Kier alpha value is -1.83. The second kappa shape index (κ2) is 8.70. The molecule has 26 heavy (non-hydrogen) atoms. The van der Waals surface area contributed by atoms with Crippen LogP contribution >= 0.6 is 11.8 Å². The van der Waals surface area contributed by atoms with E-state index < -0.39 is 0 Å². The number of benzene rings is 1. The number of nitrogens with zero attached hydrogens (tertiary/aromatic N) is 1. The molecular weight excluding hydrogens is 352 g/mol. The molecule has 2 aromatic rings. The average Bonchev–Trinajstić information content (AvgIpc) is 2.64. The smallest absolute Gasteiger partial charge is 0.336 e. The van der Waals surface area contributed by atoms with E-state index in [0.29, 0.717) is 24.5 Å². The standard InChI is InChI=1S/C19H24N2O4S/c1-3-21-6-7-24-14(11-21)10-20-18(22)12-26-15-4-5-16-13(2)8-19(23)25-17(16)9-15/h4-5,8-9,14H,3,6-7,10-12H2,1-2H3,(H,20,22). The summed E-state index contributed by atoms with van der Waals surface area (Å²) in [5.41, 5.74) is 1.08. The molecule has 0 saturated carbocycles. The monoisotopic (exact) mass is 376 g/mol. The normalized spacial score (nSPS) is 18.2. The van der Waals surface area contributed by atoms with Gasteiger partial charge in [-0.05, 0) is 37.2 Å². The Morgan fingerprint density at radius 1 is 1.38 bits per heavy atom. The van der Waals surface area contributed by atoms with Crippen molar-refractivity contribution < 1.29 is 13.9 Å². The largest absolute Gasteiger partial charge is 0.423 e. The molecule has 1 aliphatic heterocycles. The maximum absolute atomic E-state index is 12.1. The van der Waals surface area contributed by atoms with E-state index in [-0.39, 0.29) is 17.6 Å². The van der Waals surface area contributed by atoms with E-state index in [1.807, 2.05) is 25.1 Å². The zero-order chi connectivity index (χ0) is 18.5. The van der Waals surface area contributed by atoms with Crippen LogP contribution in [0, 0.1) is 6.92 Å². The zero-order valence-corrected chi connectivity index (χ0v) is 15.9. The van der Waals surface area contributed by atoms with Gasteiger partial charge in [-0.1, -0.05) is 6.92 Å². The number of carbonyl (C=O) groups excluding carboxylic acids is 1. The van der Waals surface area contributed by atoms with Gasteiger partial charge in [-0.25, -0.2) is 4.79 Å². The molecule has 1 aliphatic rings. The third kappa shape index (κ3) is 4.87. The van der Waals surface area contributed by atoms with Gasteiger partial charge in [-0.3, -0.25) is 9.69 Å². The van der Waals surface area contributed by atoms with Gasteiger partial charge in [-0.15, -0.1) is 11.8 Å². The van der Waals surface area contributed by atoms with E-state index >= 15 is 0 Å². The lowest BCUT2D eigenvalue weighted by Crippen LogP contribution is -2.47. The number of hydrogen-bond acceptors (Lipinski definition) is 6. The van der Waals surface area contributed by atoms with Crippen LogP contribution in [0.4, 0.5) is 0 Å². The van der Waals surface area contributed by atoms with Crippen molar-refractivity contribution in [2.75, 3.05) is 38.5 Å². The highest BCUT2D eigenvalue weighted by molar-refractivity contribution is 8.00. The summed E-state index contributed by atoms with van der Waals surface area (Å²) in [7, 11) is 0. The predicted molar refractivity (Wildman–Crippen MR) is 103 cm³/mol. The topological polar surface area (TPSA) is 71.8 Å². The Morgan fingerprint density at radius 2 is 2.23 bits per heavy atom. The van der Waals surface area contributed by atoms with Gasteiger partial charge in [0.25, 0.3) is 0 Å². The lowest BCUT2D eigenvalue weighted by Gasteiger charge is -2.32. The van der Waals surface area contributed by atoms with E-state index in [4.69, 9.17) is 9.15 Å². The summed E-state index contributed by atoms with van der Waals surface area (Å²) in [6, 6.07) is 7.15. The van der Waals surface area contributed by atoms with Crippen LogP contribution in [0.5, 0.6) is 0 Å². The highest BCUT2D eigenvalue weighted by Crippen LogP contribution is 2.24. The van der Waals surface area contributed by atoms with Gasteiger partial charge >= 0.3 is 5.63 Å². The van der Waals surface area contributed by atoms with Crippen LogP contribution in [0.2, 0.25) is 0 Å². The first-order chi connectivity index (χ1) is 12.5. The second-order valence-electron chi connectivity index (χ2n) is 6.39.